The summed E-state index contributed by atoms with van der Waals surface area (Å²) in [5.74, 6) is -0.739. The average Bonchev–Trinajstić information content (AvgIpc) is 3.30. The summed E-state index contributed by atoms with van der Waals surface area (Å²) in [5, 5.41) is 4.42. The van der Waals surface area contributed by atoms with Crippen LogP contribution in [0.4, 0.5) is 4.39 Å². The first kappa shape index (κ1) is 18.1. The summed E-state index contributed by atoms with van der Waals surface area (Å²) in [7, 11) is 0. The van der Waals surface area contributed by atoms with Crippen LogP contribution >= 0.6 is 0 Å². The fourth-order valence-electron chi connectivity index (χ4n) is 3.87. The van der Waals surface area contributed by atoms with E-state index in [1.165, 1.54) is 12.1 Å². The normalized spacial score (nSPS) is 19.2. The number of nitrogens with zero attached hydrogens (tertiary/aromatic N) is 3. The van der Waals surface area contributed by atoms with Gasteiger partial charge in [0.1, 0.15) is 5.82 Å². The highest BCUT2D eigenvalue weighted by molar-refractivity contribution is 5.95. The van der Waals surface area contributed by atoms with Gasteiger partial charge >= 0.3 is 0 Å². The Hall–Kier alpha value is -2.25. The van der Waals surface area contributed by atoms with Crippen molar-refractivity contribution in [2.45, 2.75) is 38.4 Å². The Balaban J connectivity index is 1.58. The van der Waals surface area contributed by atoms with Gasteiger partial charge in [-0.3, -0.25) is 4.79 Å². The lowest BCUT2D eigenvalue weighted by atomic mass is 10.0. The summed E-state index contributed by atoms with van der Waals surface area (Å²) < 4.78 is 26.5. The van der Waals surface area contributed by atoms with Crippen LogP contribution < -0.4 is 0 Å². The molecule has 1 aromatic heterocycles. The second kappa shape index (κ2) is 7.05. The highest BCUT2D eigenvalue weighted by atomic mass is 19.1. The molecule has 0 bridgehead atoms. The molecule has 1 amide bonds. The topological polar surface area (TPSA) is 56.6 Å². The molecule has 6 nitrogen and oxygen atoms in total. The third-order valence-electron chi connectivity index (χ3n) is 5.28. The smallest absolute Gasteiger partial charge is 0.257 e. The summed E-state index contributed by atoms with van der Waals surface area (Å²) in [6, 6.07) is 6.13. The molecular weight excluding hydrogens is 349 g/mol. The summed E-state index contributed by atoms with van der Waals surface area (Å²) in [5.41, 5.74) is 2.17. The minimum atomic E-state index is -0.504. The number of halogens is 1. The van der Waals surface area contributed by atoms with Crippen LogP contribution in [0.1, 0.15) is 48.7 Å². The molecule has 1 spiro atoms. The fourth-order valence-corrected chi connectivity index (χ4v) is 3.87. The van der Waals surface area contributed by atoms with E-state index in [2.05, 4.69) is 5.10 Å². The van der Waals surface area contributed by atoms with E-state index in [1.807, 2.05) is 18.7 Å². The zero-order chi connectivity index (χ0) is 19.0. The van der Waals surface area contributed by atoms with E-state index in [9.17, 15) is 9.18 Å². The first-order valence-electron chi connectivity index (χ1n) is 9.40. The van der Waals surface area contributed by atoms with Gasteiger partial charge in [0.05, 0.1) is 36.4 Å². The van der Waals surface area contributed by atoms with Gasteiger partial charge < -0.3 is 14.4 Å². The van der Waals surface area contributed by atoms with E-state index in [0.717, 1.165) is 11.4 Å². The van der Waals surface area contributed by atoms with Gasteiger partial charge in [-0.05, 0) is 30.2 Å². The van der Waals surface area contributed by atoms with E-state index < -0.39 is 5.79 Å². The average molecular weight is 373 g/mol. The number of amides is 1. The molecule has 3 heterocycles. The van der Waals surface area contributed by atoms with Crippen LogP contribution in [0.2, 0.25) is 0 Å². The quantitative estimate of drug-likeness (QED) is 0.830. The number of rotatable bonds is 3. The molecule has 0 saturated carbocycles. The first-order chi connectivity index (χ1) is 13.0. The minimum Gasteiger partial charge on any atom is -0.347 e. The molecule has 2 fully saturated rings. The third kappa shape index (κ3) is 3.37. The van der Waals surface area contributed by atoms with Crippen LogP contribution in [-0.4, -0.2) is 52.7 Å². The zero-order valence-corrected chi connectivity index (χ0v) is 15.7. The Morgan fingerprint density at radius 1 is 1.15 bits per heavy atom. The predicted octanol–water partition coefficient (Wildman–Crippen LogP) is 3.11. The van der Waals surface area contributed by atoms with Crippen molar-refractivity contribution < 1.29 is 18.7 Å². The maximum absolute atomic E-state index is 13.3. The van der Waals surface area contributed by atoms with Gasteiger partial charge in [0.25, 0.3) is 5.91 Å². The van der Waals surface area contributed by atoms with Crippen molar-refractivity contribution in [3.8, 4) is 5.69 Å². The van der Waals surface area contributed by atoms with Crippen LogP contribution in [0, 0.1) is 5.82 Å². The van der Waals surface area contributed by atoms with Gasteiger partial charge in [-0.1, -0.05) is 13.8 Å². The molecule has 0 radical (unpaired) electrons. The van der Waals surface area contributed by atoms with Crippen molar-refractivity contribution in [2.24, 2.45) is 0 Å². The van der Waals surface area contributed by atoms with Crippen molar-refractivity contribution in [3.63, 3.8) is 0 Å². The molecule has 1 aromatic carbocycles. The number of piperidine rings is 1. The second-order valence-electron chi connectivity index (χ2n) is 7.39. The Labute approximate surface area is 157 Å². The van der Waals surface area contributed by atoms with Crippen LogP contribution in [0.25, 0.3) is 5.69 Å². The lowest BCUT2D eigenvalue weighted by Crippen LogP contribution is -2.47. The molecule has 2 aliphatic heterocycles. The Bertz CT molecular complexity index is 815. The van der Waals surface area contributed by atoms with Crippen LogP contribution in [0.5, 0.6) is 0 Å². The molecule has 27 heavy (non-hydrogen) atoms. The maximum Gasteiger partial charge on any atom is 0.257 e. The molecule has 4 rings (SSSR count). The number of hydrogen-bond donors (Lipinski definition) is 0. The van der Waals surface area contributed by atoms with Crippen LogP contribution in [0.3, 0.4) is 0 Å². The Morgan fingerprint density at radius 2 is 1.78 bits per heavy atom. The summed E-state index contributed by atoms with van der Waals surface area (Å²) in [6.07, 6.45) is 2.98. The van der Waals surface area contributed by atoms with Gasteiger partial charge in [-0.25, -0.2) is 9.07 Å². The van der Waals surface area contributed by atoms with Crippen molar-refractivity contribution >= 4 is 5.91 Å². The Kier molecular flexibility index (Phi) is 4.74. The molecule has 0 aliphatic carbocycles. The van der Waals surface area contributed by atoms with Gasteiger partial charge in [0, 0.05) is 25.9 Å². The zero-order valence-electron chi connectivity index (χ0n) is 15.7. The number of aromatic nitrogens is 2. The monoisotopic (exact) mass is 373 g/mol. The lowest BCUT2D eigenvalue weighted by Gasteiger charge is -2.37. The van der Waals surface area contributed by atoms with Crippen LogP contribution in [0.15, 0.2) is 30.5 Å². The minimum absolute atomic E-state index is 0.0279. The third-order valence-corrected chi connectivity index (χ3v) is 5.28. The summed E-state index contributed by atoms with van der Waals surface area (Å²) in [4.78, 5) is 15.0. The Morgan fingerprint density at radius 3 is 2.37 bits per heavy atom. The highest BCUT2D eigenvalue weighted by Crippen LogP contribution is 2.32. The van der Waals surface area contributed by atoms with E-state index in [1.54, 1.807) is 23.0 Å². The largest absolute Gasteiger partial charge is 0.347 e. The molecule has 2 aromatic rings. The standard InChI is InChI=1S/C20H24FN3O3/c1-14(2)18-17(13-22-24(18)16-5-3-15(21)4-6-16)19(25)23-9-7-20(8-10-23)26-11-12-27-20/h3-6,13-14H,7-12H2,1-2H3. The van der Waals surface area contributed by atoms with Crippen molar-refractivity contribution in [1.82, 2.24) is 14.7 Å². The van der Waals surface area contributed by atoms with E-state index in [-0.39, 0.29) is 17.6 Å². The fraction of sp³-hybridized carbons (Fsp3) is 0.500. The second-order valence-corrected chi connectivity index (χ2v) is 7.39. The molecule has 0 unspecified atom stereocenters. The van der Waals surface area contributed by atoms with Crippen LogP contribution in [-0.2, 0) is 9.47 Å². The number of carbonyl (C=O) groups is 1. The maximum atomic E-state index is 13.3. The molecule has 0 N–H and O–H groups in total. The molecule has 7 heteroatoms. The molecular formula is C20H24FN3O3. The lowest BCUT2D eigenvalue weighted by molar-refractivity contribution is -0.181. The highest BCUT2D eigenvalue weighted by Gasteiger charge is 2.41. The van der Waals surface area contributed by atoms with Gasteiger partial charge in [0.15, 0.2) is 5.79 Å². The van der Waals surface area contributed by atoms with E-state index in [4.69, 9.17) is 9.47 Å². The van der Waals surface area contributed by atoms with Gasteiger partial charge in [-0.15, -0.1) is 0 Å². The molecule has 144 valence electrons. The molecule has 2 aliphatic rings. The predicted molar refractivity (Wildman–Crippen MR) is 97.4 cm³/mol. The van der Waals surface area contributed by atoms with E-state index in [0.29, 0.717) is 44.7 Å². The summed E-state index contributed by atoms with van der Waals surface area (Å²) in [6.45, 7) is 6.49. The van der Waals surface area contributed by atoms with Gasteiger partial charge in [0.2, 0.25) is 0 Å². The first-order valence-corrected chi connectivity index (χ1v) is 9.40. The van der Waals surface area contributed by atoms with Gasteiger partial charge in [-0.2, -0.15) is 5.10 Å². The van der Waals surface area contributed by atoms with Crippen molar-refractivity contribution in [2.75, 3.05) is 26.3 Å². The number of likely N-dealkylation sites (tertiary alicyclic amines) is 1. The molecule has 2 saturated heterocycles. The summed E-state index contributed by atoms with van der Waals surface area (Å²) >= 11 is 0. The number of carbonyl (C=O) groups excluding carboxylic acids is 1. The number of benzene rings is 1. The van der Waals surface area contributed by atoms with Crippen molar-refractivity contribution in [1.29, 1.82) is 0 Å². The van der Waals surface area contributed by atoms with Crippen molar-refractivity contribution in [3.05, 3.63) is 47.5 Å². The number of hydrogen-bond acceptors (Lipinski definition) is 4. The molecule has 0 atom stereocenters. The number of ether oxygens (including phenoxy) is 2. The van der Waals surface area contributed by atoms with E-state index >= 15 is 0 Å². The SMILES string of the molecule is CC(C)c1c(C(=O)N2CCC3(CC2)OCCO3)cnn1-c1ccc(F)cc1.